The Bertz CT molecular complexity index is 625. The van der Waals surface area contributed by atoms with Gasteiger partial charge in [0.05, 0.1) is 15.6 Å². The first-order valence-corrected chi connectivity index (χ1v) is 6.58. The fraction of sp³-hybridized carbons (Fsp3) is 0.308. The van der Waals surface area contributed by atoms with Crippen molar-refractivity contribution in [1.82, 2.24) is 15.1 Å². The average Bonchev–Trinajstić information content (AvgIpc) is 2.84. The molecule has 0 atom stereocenters. The summed E-state index contributed by atoms with van der Waals surface area (Å²) in [4.78, 5) is 10.6. The van der Waals surface area contributed by atoms with Crippen LogP contribution >= 0.6 is 11.6 Å². The summed E-state index contributed by atoms with van der Waals surface area (Å²) in [5.41, 5.74) is 1.02. The van der Waals surface area contributed by atoms with Gasteiger partial charge in [0.2, 0.25) is 0 Å². The summed E-state index contributed by atoms with van der Waals surface area (Å²) < 4.78 is 1.44. The van der Waals surface area contributed by atoms with Crippen molar-refractivity contribution >= 4 is 17.3 Å². The highest BCUT2D eigenvalue weighted by molar-refractivity contribution is 6.32. The summed E-state index contributed by atoms with van der Waals surface area (Å²) in [5, 5.41) is 18.9. The van der Waals surface area contributed by atoms with Crippen molar-refractivity contribution in [2.45, 2.75) is 26.4 Å². The molecule has 0 fully saturated rings. The molecule has 7 heteroatoms. The lowest BCUT2D eigenvalue weighted by Crippen LogP contribution is -2.22. The summed E-state index contributed by atoms with van der Waals surface area (Å²) in [5.74, 6) is 0. The lowest BCUT2D eigenvalue weighted by Gasteiger charge is -2.06. The largest absolute Gasteiger partial charge is 0.309 e. The van der Waals surface area contributed by atoms with Crippen LogP contribution in [0.25, 0.3) is 5.69 Å². The molecule has 0 aliphatic heterocycles. The van der Waals surface area contributed by atoms with Crippen LogP contribution in [0.4, 0.5) is 5.69 Å². The number of nitro groups is 1. The number of benzene rings is 1. The van der Waals surface area contributed by atoms with Gasteiger partial charge < -0.3 is 5.32 Å². The first kappa shape index (κ1) is 14.5. The van der Waals surface area contributed by atoms with E-state index in [2.05, 4.69) is 10.4 Å². The number of hydrogen-bond acceptors (Lipinski definition) is 4. The highest BCUT2D eigenvalue weighted by Crippen LogP contribution is 2.29. The quantitative estimate of drug-likeness (QED) is 0.680. The first-order valence-electron chi connectivity index (χ1n) is 6.20. The van der Waals surface area contributed by atoms with Crippen LogP contribution in [-0.2, 0) is 6.54 Å². The van der Waals surface area contributed by atoms with Crippen molar-refractivity contribution in [3.05, 3.63) is 51.3 Å². The van der Waals surface area contributed by atoms with Crippen molar-refractivity contribution in [3.63, 3.8) is 0 Å². The number of para-hydroxylation sites is 1. The average molecular weight is 295 g/mol. The second kappa shape index (κ2) is 6.02. The van der Waals surface area contributed by atoms with Gasteiger partial charge in [-0.25, -0.2) is 4.68 Å². The van der Waals surface area contributed by atoms with E-state index in [4.69, 9.17) is 11.6 Å². The molecule has 0 spiro atoms. The van der Waals surface area contributed by atoms with Crippen molar-refractivity contribution < 1.29 is 4.92 Å². The van der Waals surface area contributed by atoms with Crippen LogP contribution in [0.15, 0.2) is 30.5 Å². The van der Waals surface area contributed by atoms with Gasteiger partial charge in [-0.3, -0.25) is 10.1 Å². The minimum absolute atomic E-state index is 0.0658. The maximum atomic E-state index is 11.1. The van der Waals surface area contributed by atoms with E-state index in [0.29, 0.717) is 17.6 Å². The minimum atomic E-state index is -0.463. The topological polar surface area (TPSA) is 73.0 Å². The van der Waals surface area contributed by atoms with Gasteiger partial charge >= 0.3 is 0 Å². The molecule has 1 aromatic heterocycles. The summed E-state index contributed by atoms with van der Waals surface area (Å²) in [7, 11) is 0. The molecule has 106 valence electrons. The predicted molar refractivity (Wildman–Crippen MR) is 77.2 cm³/mol. The van der Waals surface area contributed by atoms with Gasteiger partial charge in [-0.05, 0) is 12.1 Å². The molecule has 1 N–H and O–H groups in total. The molecule has 0 saturated carbocycles. The van der Waals surface area contributed by atoms with Crippen LogP contribution in [-0.4, -0.2) is 20.7 Å². The number of rotatable bonds is 5. The Hall–Kier alpha value is -1.92. The normalized spacial score (nSPS) is 11.0. The van der Waals surface area contributed by atoms with Gasteiger partial charge in [0.1, 0.15) is 0 Å². The van der Waals surface area contributed by atoms with E-state index < -0.39 is 4.92 Å². The number of halogens is 1. The number of nitro benzene ring substituents is 1. The van der Waals surface area contributed by atoms with Crippen LogP contribution in [0.5, 0.6) is 0 Å². The third kappa shape index (κ3) is 3.15. The Labute approximate surface area is 121 Å². The summed E-state index contributed by atoms with van der Waals surface area (Å²) in [6.07, 6.45) is 1.67. The summed E-state index contributed by atoms with van der Waals surface area (Å²) in [6, 6.07) is 6.72. The molecule has 0 bridgehead atoms. The van der Waals surface area contributed by atoms with Gasteiger partial charge in [-0.15, -0.1) is 0 Å². The highest BCUT2D eigenvalue weighted by atomic mass is 35.5. The summed E-state index contributed by atoms with van der Waals surface area (Å²) >= 11 is 6.06. The van der Waals surface area contributed by atoms with Crippen molar-refractivity contribution in [2.24, 2.45) is 0 Å². The fourth-order valence-electron chi connectivity index (χ4n) is 1.77. The third-order valence-corrected chi connectivity index (χ3v) is 3.03. The molecule has 2 rings (SSSR count). The molecule has 1 heterocycles. The van der Waals surface area contributed by atoms with E-state index >= 15 is 0 Å². The molecular weight excluding hydrogens is 280 g/mol. The van der Waals surface area contributed by atoms with Crippen molar-refractivity contribution in [2.75, 3.05) is 0 Å². The van der Waals surface area contributed by atoms with Crippen LogP contribution in [0.2, 0.25) is 5.02 Å². The van der Waals surface area contributed by atoms with Gasteiger partial charge in [-0.1, -0.05) is 31.5 Å². The van der Waals surface area contributed by atoms with Gasteiger partial charge in [0.25, 0.3) is 5.69 Å². The molecule has 0 saturated heterocycles. The molecule has 0 aliphatic carbocycles. The maximum Gasteiger partial charge on any atom is 0.296 e. The monoisotopic (exact) mass is 294 g/mol. The van der Waals surface area contributed by atoms with E-state index in [0.717, 1.165) is 5.69 Å². The van der Waals surface area contributed by atoms with E-state index in [1.165, 1.54) is 10.7 Å². The molecule has 2 aromatic rings. The van der Waals surface area contributed by atoms with E-state index in [1.807, 2.05) is 19.9 Å². The molecule has 6 nitrogen and oxygen atoms in total. The molecule has 0 aliphatic rings. The second-order valence-electron chi connectivity index (χ2n) is 4.65. The molecule has 1 aromatic carbocycles. The summed E-state index contributed by atoms with van der Waals surface area (Å²) in [6.45, 7) is 4.68. The van der Waals surface area contributed by atoms with Crippen LogP contribution in [0.3, 0.4) is 0 Å². The molecule has 0 amide bonds. The number of hydrogen-bond donors (Lipinski definition) is 1. The zero-order chi connectivity index (χ0) is 14.7. The van der Waals surface area contributed by atoms with E-state index in [1.54, 1.807) is 18.3 Å². The highest BCUT2D eigenvalue weighted by Gasteiger charge is 2.19. The molecule has 20 heavy (non-hydrogen) atoms. The Kier molecular flexibility index (Phi) is 4.36. The predicted octanol–water partition coefficient (Wildman–Crippen LogP) is 2.93. The van der Waals surface area contributed by atoms with E-state index in [9.17, 15) is 10.1 Å². The van der Waals surface area contributed by atoms with Gasteiger partial charge in [0, 0.05) is 24.8 Å². The zero-order valence-electron chi connectivity index (χ0n) is 11.2. The number of nitrogens with one attached hydrogen (secondary N) is 1. The minimum Gasteiger partial charge on any atom is -0.309 e. The SMILES string of the molecule is CC(C)NCc1ccn(-c2c(Cl)cccc2[N+](=O)[O-])n1. The fourth-order valence-corrected chi connectivity index (χ4v) is 2.02. The van der Waals surface area contributed by atoms with Crippen LogP contribution in [0, 0.1) is 10.1 Å². The standard InChI is InChI=1S/C13H15ClN4O2/c1-9(2)15-8-10-6-7-17(16-10)13-11(14)4-3-5-12(13)18(19)20/h3-7,9,15H,8H2,1-2H3. The Morgan fingerprint density at radius 3 is 2.85 bits per heavy atom. The van der Waals surface area contributed by atoms with Gasteiger partial charge in [-0.2, -0.15) is 5.10 Å². The molecular formula is C13H15ClN4O2. The Morgan fingerprint density at radius 1 is 1.45 bits per heavy atom. The molecule has 0 radical (unpaired) electrons. The van der Waals surface area contributed by atoms with Crippen LogP contribution in [0.1, 0.15) is 19.5 Å². The smallest absolute Gasteiger partial charge is 0.296 e. The number of nitrogens with zero attached hydrogens (tertiary/aromatic N) is 3. The maximum absolute atomic E-state index is 11.1. The number of aromatic nitrogens is 2. The van der Waals surface area contributed by atoms with Crippen molar-refractivity contribution in [1.29, 1.82) is 0 Å². The van der Waals surface area contributed by atoms with Crippen molar-refractivity contribution in [3.8, 4) is 5.69 Å². The Morgan fingerprint density at radius 2 is 2.20 bits per heavy atom. The molecule has 0 unspecified atom stereocenters. The van der Waals surface area contributed by atoms with E-state index in [-0.39, 0.29) is 11.4 Å². The Balaban J connectivity index is 2.35. The first-order chi connectivity index (χ1) is 9.49. The second-order valence-corrected chi connectivity index (χ2v) is 5.06. The van der Waals surface area contributed by atoms with Gasteiger partial charge in [0.15, 0.2) is 5.69 Å². The van der Waals surface area contributed by atoms with Crippen LogP contribution < -0.4 is 5.32 Å². The third-order valence-electron chi connectivity index (χ3n) is 2.73. The zero-order valence-corrected chi connectivity index (χ0v) is 12.0. The lowest BCUT2D eigenvalue weighted by molar-refractivity contribution is -0.384. The lowest BCUT2D eigenvalue weighted by atomic mass is 10.2.